The van der Waals surface area contributed by atoms with Gasteiger partial charge in [0.15, 0.2) is 4.34 Å². The van der Waals surface area contributed by atoms with Gasteiger partial charge in [0.2, 0.25) is 0 Å². The SMILES string of the molecule is CNCc1ccc(Br)cc1Sc1nncs1. The maximum absolute atomic E-state index is 4.04. The number of rotatable bonds is 4. The molecule has 0 aliphatic heterocycles. The zero-order valence-corrected chi connectivity index (χ0v) is 11.8. The van der Waals surface area contributed by atoms with E-state index in [-0.39, 0.29) is 0 Å². The van der Waals surface area contributed by atoms with Crippen LogP contribution < -0.4 is 5.32 Å². The molecule has 0 aliphatic rings. The first-order chi connectivity index (χ1) is 7.79. The first kappa shape index (κ1) is 12.0. The maximum atomic E-state index is 4.04. The zero-order chi connectivity index (χ0) is 11.4. The van der Waals surface area contributed by atoms with Crippen molar-refractivity contribution in [3.05, 3.63) is 33.7 Å². The minimum absolute atomic E-state index is 0.856. The van der Waals surface area contributed by atoms with Crippen molar-refractivity contribution in [1.29, 1.82) is 0 Å². The second-order valence-electron chi connectivity index (χ2n) is 3.09. The lowest BCUT2D eigenvalue weighted by Gasteiger charge is -2.07. The molecule has 1 heterocycles. The van der Waals surface area contributed by atoms with Crippen molar-refractivity contribution in [3.63, 3.8) is 0 Å². The Kier molecular flexibility index (Phi) is 4.34. The Morgan fingerprint density at radius 1 is 1.50 bits per heavy atom. The molecule has 0 spiro atoms. The summed E-state index contributed by atoms with van der Waals surface area (Å²) in [6.07, 6.45) is 0. The van der Waals surface area contributed by atoms with Crippen LogP contribution in [0.25, 0.3) is 0 Å². The summed E-state index contributed by atoms with van der Waals surface area (Å²) in [5.41, 5.74) is 3.02. The Labute approximate surface area is 111 Å². The molecule has 0 aliphatic carbocycles. The van der Waals surface area contributed by atoms with Gasteiger partial charge in [0.1, 0.15) is 5.51 Å². The summed E-state index contributed by atoms with van der Waals surface area (Å²) in [6, 6.07) is 6.28. The average molecular weight is 316 g/mol. The third-order valence-corrected chi connectivity index (χ3v) is 4.30. The van der Waals surface area contributed by atoms with Gasteiger partial charge in [-0.25, -0.2) is 0 Å². The first-order valence-electron chi connectivity index (χ1n) is 4.66. The lowest BCUT2D eigenvalue weighted by atomic mass is 10.2. The Bertz CT molecular complexity index is 459. The molecule has 2 aromatic rings. The number of aromatic nitrogens is 2. The Hall–Kier alpha value is -0.430. The van der Waals surface area contributed by atoms with E-state index < -0.39 is 0 Å². The molecule has 0 unspecified atom stereocenters. The summed E-state index contributed by atoms with van der Waals surface area (Å²) < 4.78 is 2.05. The third-order valence-electron chi connectivity index (χ3n) is 1.93. The molecule has 3 nitrogen and oxygen atoms in total. The van der Waals surface area contributed by atoms with Gasteiger partial charge in [-0.1, -0.05) is 45.1 Å². The number of hydrogen-bond acceptors (Lipinski definition) is 5. The Balaban J connectivity index is 2.26. The highest BCUT2D eigenvalue weighted by Crippen LogP contribution is 2.33. The molecule has 0 saturated heterocycles. The van der Waals surface area contributed by atoms with E-state index in [4.69, 9.17) is 0 Å². The zero-order valence-electron chi connectivity index (χ0n) is 8.61. The van der Waals surface area contributed by atoms with Crippen molar-refractivity contribution in [3.8, 4) is 0 Å². The van der Waals surface area contributed by atoms with E-state index >= 15 is 0 Å². The fraction of sp³-hybridized carbons (Fsp3) is 0.200. The van der Waals surface area contributed by atoms with Crippen molar-refractivity contribution in [1.82, 2.24) is 15.5 Å². The van der Waals surface area contributed by atoms with Crippen LogP contribution in [0, 0.1) is 0 Å². The molecule has 6 heteroatoms. The van der Waals surface area contributed by atoms with Crippen LogP contribution in [0.3, 0.4) is 0 Å². The molecule has 0 bridgehead atoms. The summed E-state index contributed by atoms with van der Waals surface area (Å²) in [7, 11) is 1.95. The van der Waals surface area contributed by atoms with E-state index in [1.165, 1.54) is 10.5 Å². The second kappa shape index (κ2) is 5.77. The predicted octanol–water partition coefficient (Wildman–Crippen LogP) is 3.17. The molecule has 0 atom stereocenters. The summed E-state index contributed by atoms with van der Waals surface area (Å²) in [5.74, 6) is 0. The monoisotopic (exact) mass is 315 g/mol. The van der Waals surface area contributed by atoms with E-state index in [0.717, 1.165) is 15.4 Å². The fourth-order valence-electron chi connectivity index (χ4n) is 1.26. The standard InChI is InChI=1S/C10H10BrN3S2/c1-12-5-7-2-3-8(11)4-9(7)16-10-14-13-6-15-10/h2-4,6,12H,5H2,1H3. The highest BCUT2D eigenvalue weighted by atomic mass is 79.9. The highest BCUT2D eigenvalue weighted by molar-refractivity contribution is 9.10. The fourth-order valence-corrected chi connectivity index (χ4v) is 3.38. The molecule has 0 amide bonds. The third kappa shape index (κ3) is 3.04. The van der Waals surface area contributed by atoms with Crippen molar-refractivity contribution in [2.24, 2.45) is 0 Å². The second-order valence-corrected chi connectivity index (χ2v) is 6.13. The van der Waals surface area contributed by atoms with E-state index in [9.17, 15) is 0 Å². The first-order valence-corrected chi connectivity index (χ1v) is 7.15. The van der Waals surface area contributed by atoms with Gasteiger partial charge in [-0.2, -0.15) is 0 Å². The van der Waals surface area contributed by atoms with Gasteiger partial charge in [0.05, 0.1) is 0 Å². The number of hydrogen-bond donors (Lipinski definition) is 1. The normalized spacial score (nSPS) is 10.6. The van der Waals surface area contributed by atoms with Gasteiger partial charge < -0.3 is 5.32 Å². The summed E-state index contributed by atoms with van der Waals surface area (Å²) >= 11 is 6.69. The molecular formula is C10H10BrN3S2. The number of benzene rings is 1. The van der Waals surface area contributed by atoms with E-state index in [1.54, 1.807) is 28.6 Å². The largest absolute Gasteiger partial charge is 0.316 e. The molecule has 1 aromatic carbocycles. The van der Waals surface area contributed by atoms with Gasteiger partial charge in [-0.3, -0.25) is 0 Å². The van der Waals surface area contributed by atoms with Crippen molar-refractivity contribution < 1.29 is 0 Å². The number of nitrogens with zero attached hydrogens (tertiary/aromatic N) is 2. The molecule has 2 rings (SSSR count). The molecule has 84 valence electrons. The van der Waals surface area contributed by atoms with Crippen molar-refractivity contribution in [2.45, 2.75) is 15.8 Å². The Morgan fingerprint density at radius 2 is 2.38 bits per heavy atom. The molecule has 0 fully saturated rings. The summed E-state index contributed by atoms with van der Waals surface area (Å²) in [4.78, 5) is 1.21. The molecular weight excluding hydrogens is 306 g/mol. The van der Waals surface area contributed by atoms with Crippen molar-refractivity contribution >= 4 is 39.0 Å². The van der Waals surface area contributed by atoms with Crippen LogP contribution in [0.1, 0.15) is 5.56 Å². The van der Waals surface area contributed by atoms with Crippen LogP contribution in [-0.2, 0) is 6.54 Å². The van der Waals surface area contributed by atoms with E-state index in [0.29, 0.717) is 0 Å². The maximum Gasteiger partial charge on any atom is 0.178 e. The summed E-state index contributed by atoms with van der Waals surface area (Å²) in [6.45, 7) is 0.856. The van der Waals surface area contributed by atoms with Gasteiger partial charge >= 0.3 is 0 Å². The minimum Gasteiger partial charge on any atom is -0.316 e. The lowest BCUT2D eigenvalue weighted by molar-refractivity contribution is 0.802. The lowest BCUT2D eigenvalue weighted by Crippen LogP contribution is -2.05. The van der Waals surface area contributed by atoms with Gasteiger partial charge in [0.25, 0.3) is 0 Å². The smallest absolute Gasteiger partial charge is 0.178 e. The highest BCUT2D eigenvalue weighted by Gasteiger charge is 2.06. The van der Waals surface area contributed by atoms with Crippen LogP contribution >= 0.6 is 39.0 Å². The molecule has 1 aromatic heterocycles. The van der Waals surface area contributed by atoms with Crippen LogP contribution in [-0.4, -0.2) is 17.2 Å². The van der Waals surface area contributed by atoms with Gasteiger partial charge in [-0.05, 0) is 24.7 Å². The number of halogens is 1. The molecule has 0 radical (unpaired) electrons. The van der Waals surface area contributed by atoms with E-state index in [2.05, 4.69) is 49.6 Å². The van der Waals surface area contributed by atoms with Gasteiger partial charge in [-0.15, -0.1) is 10.2 Å². The van der Waals surface area contributed by atoms with Crippen LogP contribution in [0.4, 0.5) is 0 Å². The molecule has 1 N–H and O–H groups in total. The quantitative estimate of drug-likeness (QED) is 0.940. The molecule has 16 heavy (non-hydrogen) atoms. The Morgan fingerprint density at radius 3 is 3.06 bits per heavy atom. The van der Waals surface area contributed by atoms with Crippen LogP contribution in [0.15, 0.2) is 37.4 Å². The van der Waals surface area contributed by atoms with Gasteiger partial charge in [0, 0.05) is 15.9 Å². The van der Waals surface area contributed by atoms with Crippen LogP contribution in [0.2, 0.25) is 0 Å². The average Bonchev–Trinajstić information content (AvgIpc) is 2.75. The topological polar surface area (TPSA) is 37.8 Å². The van der Waals surface area contributed by atoms with E-state index in [1.807, 2.05) is 7.05 Å². The predicted molar refractivity (Wildman–Crippen MR) is 70.9 cm³/mol. The van der Waals surface area contributed by atoms with Crippen LogP contribution in [0.5, 0.6) is 0 Å². The van der Waals surface area contributed by atoms with Crippen molar-refractivity contribution in [2.75, 3.05) is 7.05 Å². The molecule has 0 saturated carbocycles. The minimum atomic E-state index is 0.856. The number of nitrogens with one attached hydrogen (secondary N) is 1. The summed E-state index contributed by atoms with van der Waals surface area (Å²) in [5, 5.41) is 11.0.